The lowest BCUT2D eigenvalue weighted by Crippen LogP contribution is -2.11. The van der Waals surface area contributed by atoms with E-state index in [9.17, 15) is 5.11 Å². The molecule has 0 spiro atoms. The summed E-state index contributed by atoms with van der Waals surface area (Å²) in [6.07, 6.45) is 0. The highest BCUT2D eigenvalue weighted by atomic mass is 79.9. The maximum absolute atomic E-state index is 10.8. The van der Waals surface area contributed by atoms with Crippen LogP contribution in [0.15, 0.2) is 54.6 Å². The van der Waals surface area contributed by atoms with Crippen LogP contribution in [0.4, 0.5) is 0 Å². The quantitative estimate of drug-likeness (QED) is 0.518. The molecule has 0 saturated carbocycles. The summed E-state index contributed by atoms with van der Waals surface area (Å²) in [6.45, 7) is 6.60. The summed E-state index contributed by atoms with van der Waals surface area (Å²) in [5.74, 6) is 0.367. The van der Waals surface area contributed by atoms with Crippen molar-refractivity contribution in [3.63, 3.8) is 0 Å². The number of benzene rings is 3. The third kappa shape index (κ3) is 3.00. The van der Waals surface area contributed by atoms with E-state index in [0.717, 1.165) is 22.1 Å². The highest BCUT2D eigenvalue weighted by molar-refractivity contribution is 9.08. The minimum Gasteiger partial charge on any atom is -0.507 e. The third-order valence-corrected chi connectivity index (χ3v) is 4.88. The van der Waals surface area contributed by atoms with Crippen LogP contribution in [0.25, 0.3) is 21.9 Å². The van der Waals surface area contributed by atoms with Gasteiger partial charge in [-0.15, -0.1) is 0 Å². The van der Waals surface area contributed by atoms with Crippen molar-refractivity contribution in [2.24, 2.45) is 0 Å². The average Bonchev–Trinajstić information content (AvgIpc) is 2.53. The Balaban J connectivity index is 2.34. The summed E-state index contributed by atoms with van der Waals surface area (Å²) >= 11 is 3.51. The number of alkyl halides is 1. The van der Waals surface area contributed by atoms with Crippen molar-refractivity contribution in [3.05, 3.63) is 65.7 Å². The molecule has 0 bridgehead atoms. The molecule has 3 aromatic rings. The van der Waals surface area contributed by atoms with Gasteiger partial charge in [-0.1, -0.05) is 85.2 Å². The fourth-order valence-electron chi connectivity index (χ4n) is 2.90. The van der Waals surface area contributed by atoms with Gasteiger partial charge in [0.05, 0.1) is 0 Å². The largest absolute Gasteiger partial charge is 0.507 e. The molecular weight excluding hydrogens is 348 g/mol. The molecule has 0 amide bonds. The lowest BCUT2D eigenvalue weighted by atomic mass is 9.83. The Labute approximate surface area is 146 Å². The molecule has 0 heterocycles. The molecule has 0 fully saturated rings. The van der Waals surface area contributed by atoms with Gasteiger partial charge in [0.15, 0.2) is 0 Å². The second-order valence-electron chi connectivity index (χ2n) is 6.94. The predicted molar refractivity (Wildman–Crippen MR) is 102 cm³/mol. The van der Waals surface area contributed by atoms with Gasteiger partial charge < -0.3 is 5.11 Å². The Kier molecular flexibility index (Phi) is 4.20. The Bertz CT molecular complexity index is 854. The summed E-state index contributed by atoms with van der Waals surface area (Å²) in [6, 6.07) is 18.8. The Hall–Kier alpha value is -1.80. The normalized spacial score (nSPS) is 11.8. The maximum Gasteiger partial charge on any atom is 0.127 e. The van der Waals surface area contributed by atoms with Crippen LogP contribution in [-0.2, 0) is 10.7 Å². The lowest BCUT2D eigenvalue weighted by Gasteiger charge is -2.22. The number of phenolic OH excluding ortho intramolecular Hbond substituents is 1. The van der Waals surface area contributed by atoms with E-state index >= 15 is 0 Å². The van der Waals surface area contributed by atoms with Crippen molar-refractivity contribution in [1.82, 2.24) is 0 Å². The summed E-state index contributed by atoms with van der Waals surface area (Å²) in [5, 5.41) is 13.8. The molecular formula is C21H21BrO. The molecule has 0 saturated heterocycles. The molecule has 0 aromatic heterocycles. The van der Waals surface area contributed by atoms with Crippen LogP contribution in [0.5, 0.6) is 5.75 Å². The molecule has 0 radical (unpaired) electrons. The number of aromatic hydroxyl groups is 1. The van der Waals surface area contributed by atoms with Gasteiger partial charge in [-0.25, -0.2) is 0 Å². The highest BCUT2D eigenvalue weighted by Gasteiger charge is 2.19. The molecule has 2 heteroatoms. The van der Waals surface area contributed by atoms with Crippen molar-refractivity contribution < 1.29 is 5.11 Å². The van der Waals surface area contributed by atoms with Crippen LogP contribution in [0, 0.1) is 0 Å². The van der Waals surface area contributed by atoms with Gasteiger partial charge in [-0.3, -0.25) is 0 Å². The number of rotatable bonds is 2. The van der Waals surface area contributed by atoms with Crippen molar-refractivity contribution in [3.8, 4) is 16.9 Å². The lowest BCUT2D eigenvalue weighted by molar-refractivity contribution is 0.471. The number of hydrogen-bond donors (Lipinski definition) is 1. The van der Waals surface area contributed by atoms with E-state index in [1.807, 2.05) is 12.1 Å². The molecule has 23 heavy (non-hydrogen) atoms. The monoisotopic (exact) mass is 368 g/mol. The maximum atomic E-state index is 10.8. The smallest absolute Gasteiger partial charge is 0.127 e. The minimum atomic E-state index is 0.0317. The molecule has 118 valence electrons. The Morgan fingerprint density at radius 3 is 2.30 bits per heavy atom. The first-order chi connectivity index (χ1) is 10.9. The minimum absolute atomic E-state index is 0.0317. The van der Waals surface area contributed by atoms with Gasteiger partial charge in [-0.05, 0) is 33.4 Å². The Morgan fingerprint density at radius 1 is 0.913 bits per heavy atom. The number of fused-ring (bicyclic) bond motifs is 1. The van der Waals surface area contributed by atoms with Crippen LogP contribution in [-0.4, -0.2) is 5.11 Å². The summed E-state index contributed by atoms with van der Waals surface area (Å²) in [4.78, 5) is 0. The zero-order valence-corrected chi connectivity index (χ0v) is 15.3. The van der Waals surface area contributed by atoms with E-state index in [1.165, 1.54) is 10.9 Å². The second kappa shape index (κ2) is 6.01. The van der Waals surface area contributed by atoms with Crippen molar-refractivity contribution >= 4 is 26.7 Å². The summed E-state index contributed by atoms with van der Waals surface area (Å²) < 4.78 is 0. The van der Waals surface area contributed by atoms with Gasteiger partial charge in [-0.2, -0.15) is 0 Å². The number of halogens is 1. The van der Waals surface area contributed by atoms with Crippen molar-refractivity contribution in [2.75, 3.05) is 0 Å². The van der Waals surface area contributed by atoms with E-state index in [-0.39, 0.29) is 5.41 Å². The molecule has 1 N–H and O–H groups in total. The van der Waals surface area contributed by atoms with Crippen LogP contribution in [0.1, 0.15) is 31.9 Å². The van der Waals surface area contributed by atoms with E-state index in [1.54, 1.807) is 0 Å². The molecule has 0 aliphatic rings. The molecule has 0 aliphatic heterocycles. The topological polar surface area (TPSA) is 20.2 Å². The van der Waals surface area contributed by atoms with Gasteiger partial charge in [0, 0.05) is 16.5 Å². The van der Waals surface area contributed by atoms with Crippen LogP contribution in [0.3, 0.4) is 0 Å². The number of phenols is 1. The zero-order chi connectivity index (χ0) is 16.6. The van der Waals surface area contributed by atoms with Crippen LogP contribution >= 0.6 is 15.9 Å². The molecule has 0 atom stereocenters. The Morgan fingerprint density at radius 2 is 1.61 bits per heavy atom. The summed E-state index contributed by atoms with van der Waals surface area (Å²) in [5.41, 5.74) is 4.18. The standard InChI is InChI=1S/C21H21BrO/c1-21(2,3)16-11-15(13-22)20(23)19(12-16)18-10-6-8-14-7-4-5-9-17(14)18/h4-12,23H,13H2,1-3H3. The predicted octanol–water partition coefficient (Wildman–Crippen LogP) is 6.40. The molecule has 3 aromatic carbocycles. The van der Waals surface area contributed by atoms with Gasteiger partial charge in [0.1, 0.15) is 5.75 Å². The summed E-state index contributed by atoms with van der Waals surface area (Å²) in [7, 11) is 0. The van der Waals surface area contributed by atoms with Crippen LogP contribution in [0.2, 0.25) is 0 Å². The zero-order valence-electron chi connectivity index (χ0n) is 13.7. The van der Waals surface area contributed by atoms with Crippen molar-refractivity contribution in [2.45, 2.75) is 31.5 Å². The first kappa shape index (κ1) is 16.1. The van der Waals surface area contributed by atoms with Crippen molar-refractivity contribution in [1.29, 1.82) is 0 Å². The van der Waals surface area contributed by atoms with E-state index in [0.29, 0.717) is 11.1 Å². The fraction of sp³-hybridized carbons (Fsp3) is 0.238. The first-order valence-electron chi connectivity index (χ1n) is 7.82. The SMILES string of the molecule is CC(C)(C)c1cc(CBr)c(O)c(-c2cccc3ccccc23)c1. The van der Waals surface area contributed by atoms with Crippen LogP contribution < -0.4 is 0 Å². The second-order valence-corrected chi connectivity index (χ2v) is 7.50. The van der Waals surface area contributed by atoms with E-state index in [4.69, 9.17) is 0 Å². The fourth-order valence-corrected chi connectivity index (χ4v) is 3.32. The highest BCUT2D eigenvalue weighted by Crippen LogP contribution is 2.40. The van der Waals surface area contributed by atoms with Gasteiger partial charge in [0.25, 0.3) is 0 Å². The molecule has 0 unspecified atom stereocenters. The molecule has 0 aliphatic carbocycles. The number of hydrogen-bond acceptors (Lipinski definition) is 1. The van der Waals surface area contributed by atoms with Gasteiger partial charge >= 0.3 is 0 Å². The molecule has 3 rings (SSSR count). The van der Waals surface area contributed by atoms with E-state index < -0.39 is 0 Å². The third-order valence-electron chi connectivity index (χ3n) is 4.28. The first-order valence-corrected chi connectivity index (χ1v) is 8.94. The van der Waals surface area contributed by atoms with E-state index in [2.05, 4.69) is 79.2 Å². The molecule has 1 nitrogen and oxygen atoms in total. The average molecular weight is 369 g/mol. The van der Waals surface area contributed by atoms with Gasteiger partial charge in [0.2, 0.25) is 0 Å².